The Hall–Kier alpha value is -2.45. The molecule has 180 valence electrons. The van der Waals surface area contributed by atoms with E-state index in [0.29, 0.717) is 61.3 Å². The molecule has 1 saturated carbocycles. The fraction of sp³-hybridized carbons (Fsp3) is 0.640. The zero-order valence-corrected chi connectivity index (χ0v) is 20.0. The molecule has 1 aliphatic carbocycles. The average molecular weight is 457 g/mol. The molecule has 2 aliphatic rings. The summed E-state index contributed by atoms with van der Waals surface area (Å²) in [4.78, 5) is 42.0. The van der Waals surface area contributed by atoms with Crippen LogP contribution in [0, 0.1) is 23.7 Å². The predicted octanol–water partition coefficient (Wildman–Crippen LogP) is 2.58. The normalized spacial score (nSPS) is 23.9. The number of fused-ring (bicyclic) bond motifs is 1. The summed E-state index contributed by atoms with van der Waals surface area (Å²) in [6.45, 7) is 9.19. The lowest BCUT2D eigenvalue weighted by Gasteiger charge is -2.36. The first-order chi connectivity index (χ1) is 15.8. The van der Waals surface area contributed by atoms with Gasteiger partial charge in [-0.2, -0.15) is 0 Å². The number of nitrogens with zero attached hydrogens (tertiary/aromatic N) is 3. The van der Waals surface area contributed by atoms with Gasteiger partial charge in [-0.05, 0) is 48.8 Å². The van der Waals surface area contributed by atoms with Gasteiger partial charge < -0.3 is 15.4 Å². The van der Waals surface area contributed by atoms with Crippen molar-refractivity contribution in [1.82, 2.24) is 14.0 Å². The lowest BCUT2D eigenvalue weighted by molar-refractivity contribution is 0.0303. The molecule has 0 unspecified atom stereocenters. The number of amides is 1. The van der Waals surface area contributed by atoms with E-state index in [1.54, 1.807) is 27.7 Å². The van der Waals surface area contributed by atoms with Crippen LogP contribution in [0.4, 0.5) is 0 Å². The van der Waals surface area contributed by atoms with Crippen molar-refractivity contribution in [2.75, 3.05) is 32.8 Å². The van der Waals surface area contributed by atoms with E-state index in [4.69, 9.17) is 10.5 Å². The minimum Gasteiger partial charge on any atom is -0.378 e. The monoisotopic (exact) mass is 456 g/mol. The third kappa shape index (κ3) is 4.51. The van der Waals surface area contributed by atoms with Crippen LogP contribution in [0.5, 0.6) is 0 Å². The summed E-state index contributed by atoms with van der Waals surface area (Å²) in [5.41, 5.74) is 7.08. The van der Waals surface area contributed by atoms with Crippen LogP contribution in [0.1, 0.15) is 55.2 Å². The van der Waals surface area contributed by atoms with E-state index in [2.05, 4.69) is 20.8 Å². The van der Waals surface area contributed by atoms with E-state index >= 15 is 0 Å². The van der Waals surface area contributed by atoms with Gasteiger partial charge in [-0.15, -0.1) is 0 Å². The maximum Gasteiger partial charge on any atom is 0.336 e. The number of rotatable bonds is 5. The molecule has 2 aromatic rings. The van der Waals surface area contributed by atoms with Crippen LogP contribution in [-0.4, -0.2) is 58.7 Å². The van der Waals surface area contributed by atoms with Crippen LogP contribution in [0.3, 0.4) is 0 Å². The molecule has 1 aromatic heterocycles. The molecule has 2 heterocycles. The van der Waals surface area contributed by atoms with Gasteiger partial charge in [0, 0.05) is 37.7 Å². The van der Waals surface area contributed by atoms with Crippen LogP contribution < -0.4 is 11.4 Å². The van der Waals surface area contributed by atoms with Crippen LogP contribution in [0.2, 0.25) is 0 Å². The number of hydrogen-bond donors (Lipinski definition) is 1. The summed E-state index contributed by atoms with van der Waals surface area (Å²) in [6, 6.07) is 5.20. The van der Waals surface area contributed by atoms with E-state index in [1.165, 1.54) is 4.57 Å². The fourth-order valence-corrected chi connectivity index (χ4v) is 5.55. The predicted molar refractivity (Wildman–Crippen MR) is 127 cm³/mol. The summed E-state index contributed by atoms with van der Waals surface area (Å²) in [5, 5.41) is 0. The molecule has 1 amide bonds. The summed E-state index contributed by atoms with van der Waals surface area (Å²) in [6.07, 6.45) is 2.92. The summed E-state index contributed by atoms with van der Waals surface area (Å²) in [7, 11) is 0. The van der Waals surface area contributed by atoms with Gasteiger partial charge in [-0.3, -0.25) is 14.2 Å². The molecule has 0 spiro atoms. The van der Waals surface area contributed by atoms with Crippen LogP contribution in [0.15, 0.2) is 23.0 Å². The van der Waals surface area contributed by atoms with Gasteiger partial charge in [0.2, 0.25) is 5.91 Å². The summed E-state index contributed by atoms with van der Waals surface area (Å²) in [5.74, 6) is 0.691. The van der Waals surface area contributed by atoms with Crippen molar-refractivity contribution in [3.05, 3.63) is 34.2 Å². The molecular weight excluding hydrogens is 420 g/mol. The van der Waals surface area contributed by atoms with Gasteiger partial charge in [0.1, 0.15) is 0 Å². The second-order valence-corrected chi connectivity index (χ2v) is 9.94. The van der Waals surface area contributed by atoms with Crippen LogP contribution in [-0.2, 0) is 11.3 Å². The Morgan fingerprint density at radius 2 is 1.88 bits per heavy atom. The number of nitrogens with two attached hydrogens (primary N) is 1. The molecular formula is C25H36N4O4. The molecule has 2 N–H and O–H groups in total. The minimum atomic E-state index is -0.364. The van der Waals surface area contributed by atoms with Crippen LogP contribution >= 0.6 is 0 Å². The fourth-order valence-electron chi connectivity index (χ4n) is 5.55. The quantitative estimate of drug-likeness (QED) is 0.746. The highest BCUT2D eigenvalue weighted by Gasteiger charge is 2.37. The number of morpholine rings is 1. The smallest absolute Gasteiger partial charge is 0.336 e. The molecule has 2 fully saturated rings. The van der Waals surface area contributed by atoms with Gasteiger partial charge in [0.25, 0.3) is 5.91 Å². The zero-order valence-electron chi connectivity index (χ0n) is 20.0. The molecule has 0 radical (unpaired) electrons. The second kappa shape index (κ2) is 9.81. The van der Waals surface area contributed by atoms with E-state index < -0.39 is 0 Å². The summed E-state index contributed by atoms with van der Waals surface area (Å²) < 4.78 is 8.23. The Labute approximate surface area is 194 Å². The SMILES string of the molecule is CC(C)[C@@H]1CC[C@@H](C)C[C@H]1C(=O)n1c(=O)n(CCN)c2cc(C(=O)N3CCOCC3)ccc21. The Morgan fingerprint density at radius 3 is 2.55 bits per heavy atom. The van der Waals surface area contributed by atoms with Gasteiger partial charge in [-0.25, -0.2) is 9.36 Å². The third-order valence-electron chi connectivity index (χ3n) is 7.39. The average Bonchev–Trinajstić information content (AvgIpc) is 3.09. The first-order valence-corrected chi connectivity index (χ1v) is 12.2. The maximum absolute atomic E-state index is 13.8. The molecule has 4 rings (SSSR count). The topological polar surface area (TPSA) is 99.6 Å². The van der Waals surface area contributed by atoms with Crippen molar-refractivity contribution < 1.29 is 14.3 Å². The van der Waals surface area contributed by atoms with Crippen molar-refractivity contribution in [3.63, 3.8) is 0 Å². The minimum absolute atomic E-state index is 0.0907. The van der Waals surface area contributed by atoms with E-state index in [1.807, 2.05) is 0 Å². The van der Waals surface area contributed by atoms with E-state index in [0.717, 1.165) is 19.3 Å². The van der Waals surface area contributed by atoms with Crippen molar-refractivity contribution in [1.29, 1.82) is 0 Å². The largest absolute Gasteiger partial charge is 0.378 e. The molecule has 1 saturated heterocycles. The number of imidazole rings is 1. The Morgan fingerprint density at radius 1 is 1.15 bits per heavy atom. The number of ether oxygens (including phenoxy) is 1. The van der Waals surface area contributed by atoms with E-state index in [9.17, 15) is 14.4 Å². The molecule has 3 atom stereocenters. The molecule has 8 heteroatoms. The van der Waals surface area contributed by atoms with Gasteiger partial charge in [0.15, 0.2) is 0 Å². The molecule has 33 heavy (non-hydrogen) atoms. The number of hydrogen-bond acceptors (Lipinski definition) is 5. The van der Waals surface area contributed by atoms with Crippen molar-refractivity contribution >= 4 is 22.8 Å². The van der Waals surface area contributed by atoms with Gasteiger partial charge in [-0.1, -0.05) is 27.2 Å². The lowest BCUT2D eigenvalue weighted by atomic mass is 9.69. The van der Waals surface area contributed by atoms with Crippen LogP contribution in [0.25, 0.3) is 11.0 Å². The number of aromatic nitrogens is 2. The van der Waals surface area contributed by atoms with Gasteiger partial charge in [0.05, 0.1) is 24.2 Å². The molecule has 8 nitrogen and oxygen atoms in total. The lowest BCUT2D eigenvalue weighted by Crippen LogP contribution is -2.40. The molecule has 0 bridgehead atoms. The van der Waals surface area contributed by atoms with E-state index in [-0.39, 0.29) is 35.9 Å². The van der Waals surface area contributed by atoms with Gasteiger partial charge >= 0.3 is 5.69 Å². The second-order valence-electron chi connectivity index (χ2n) is 9.94. The Bertz CT molecular complexity index is 1080. The molecule has 1 aliphatic heterocycles. The number of carbonyl (C=O) groups is 2. The Kier molecular flexibility index (Phi) is 7.05. The zero-order chi connectivity index (χ0) is 23.7. The first-order valence-electron chi connectivity index (χ1n) is 12.2. The number of benzene rings is 1. The molecule has 1 aromatic carbocycles. The maximum atomic E-state index is 13.8. The van der Waals surface area contributed by atoms with Crippen molar-refractivity contribution in [2.24, 2.45) is 29.4 Å². The highest BCUT2D eigenvalue weighted by molar-refractivity contribution is 5.99. The first kappa shape index (κ1) is 23.7. The van der Waals surface area contributed by atoms with Crippen molar-refractivity contribution in [3.8, 4) is 0 Å². The third-order valence-corrected chi connectivity index (χ3v) is 7.39. The summed E-state index contributed by atoms with van der Waals surface area (Å²) >= 11 is 0. The number of carbonyl (C=O) groups excluding carboxylic acids is 2. The standard InChI is InChI=1S/C25H36N4O4/c1-16(2)19-6-4-17(3)14-20(19)24(31)29-21-7-5-18(23(30)27-10-12-33-13-11-27)15-22(21)28(9-8-26)25(29)32/h5,7,15-17,19-20H,4,6,8-14,26H2,1-3H3/t17-,19+,20-/m1/s1. The Balaban J connectivity index is 1.77. The van der Waals surface area contributed by atoms with Crippen molar-refractivity contribution in [2.45, 2.75) is 46.6 Å². The highest BCUT2D eigenvalue weighted by Crippen LogP contribution is 2.39. The highest BCUT2D eigenvalue weighted by atomic mass is 16.5.